The molecule has 0 spiro atoms. The molecule has 184 valence electrons. The summed E-state index contributed by atoms with van der Waals surface area (Å²) in [6, 6.07) is 20.5. The maximum Gasteiger partial charge on any atom is 0.407 e. The average molecular weight is 489 g/mol. The Morgan fingerprint density at radius 3 is 2.39 bits per heavy atom. The highest BCUT2D eigenvalue weighted by Crippen LogP contribution is 2.44. The van der Waals surface area contributed by atoms with Crippen LogP contribution < -0.4 is 5.32 Å². The number of rotatable bonds is 8. The number of carbonyl (C=O) groups is 1. The van der Waals surface area contributed by atoms with Gasteiger partial charge in [-0.3, -0.25) is 15.2 Å². The molecule has 2 unspecified atom stereocenters. The van der Waals surface area contributed by atoms with E-state index in [2.05, 4.69) is 27.6 Å². The van der Waals surface area contributed by atoms with E-state index < -0.39 is 23.2 Å². The third kappa shape index (κ3) is 4.28. The van der Waals surface area contributed by atoms with Crippen molar-refractivity contribution in [2.75, 3.05) is 13.2 Å². The number of non-ortho nitro benzene ring substituents is 1. The van der Waals surface area contributed by atoms with Crippen LogP contribution in [0.15, 0.2) is 66.7 Å². The zero-order chi connectivity index (χ0) is 25.2. The van der Waals surface area contributed by atoms with Crippen LogP contribution in [0.2, 0.25) is 0 Å². The summed E-state index contributed by atoms with van der Waals surface area (Å²) in [4.78, 5) is 22.9. The van der Waals surface area contributed by atoms with E-state index in [4.69, 9.17) is 4.74 Å². The molecule has 0 bridgehead atoms. The molecule has 2 atom stereocenters. The largest absolute Gasteiger partial charge is 0.449 e. The number of para-hydroxylation sites is 1. The van der Waals surface area contributed by atoms with Gasteiger partial charge >= 0.3 is 6.09 Å². The maximum atomic E-state index is 12.3. The second kappa shape index (κ2) is 9.76. The molecule has 1 aliphatic rings. The maximum absolute atomic E-state index is 12.3. The molecule has 36 heavy (non-hydrogen) atoms. The van der Waals surface area contributed by atoms with Gasteiger partial charge in [0.05, 0.1) is 16.7 Å². The first-order chi connectivity index (χ1) is 17.5. The highest BCUT2D eigenvalue weighted by molar-refractivity contribution is 5.89. The van der Waals surface area contributed by atoms with Crippen LogP contribution in [-0.4, -0.2) is 50.7 Å². The minimum Gasteiger partial charge on any atom is -0.449 e. The molecule has 4 N–H and O–H groups in total. The van der Waals surface area contributed by atoms with Crippen molar-refractivity contribution in [2.45, 2.75) is 24.5 Å². The summed E-state index contributed by atoms with van der Waals surface area (Å²) in [7, 11) is 0. The van der Waals surface area contributed by atoms with E-state index in [1.165, 1.54) is 12.1 Å². The van der Waals surface area contributed by atoms with E-state index in [1.54, 1.807) is 6.07 Å². The van der Waals surface area contributed by atoms with Crippen molar-refractivity contribution < 1.29 is 24.7 Å². The molecule has 1 aliphatic carbocycles. The van der Waals surface area contributed by atoms with Gasteiger partial charge in [0.1, 0.15) is 12.7 Å². The van der Waals surface area contributed by atoms with Gasteiger partial charge in [-0.25, -0.2) is 4.79 Å². The summed E-state index contributed by atoms with van der Waals surface area (Å²) in [5.74, 6) is -0.0618. The van der Waals surface area contributed by atoms with Crippen LogP contribution >= 0.6 is 0 Å². The first kappa shape index (κ1) is 23.5. The second-order valence-electron chi connectivity index (χ2n) is 8.62. The van der Waals surface area contributed by atoms with E-state index in [0.717, 1.165) is 22.3 Å². The van der Waals surface area contributed by atoms with Crippen molar-refractivity contribution in [1.82, 2.24) is 15.5 Å². The van der Waals surface area contributed by atoms with Gasteiger partial charge in [0.25, 0.3) is 5.69 Å². The molecule has 5 rings (SSSR count). The number of carbonyl (C=O) groups excluding carboxylic acids is 1. The average Bonchev–Trinajstić information content (AvgIpc) is 3.46. The number of nitro benzene ring substituents is 1. The lowest BCUT2D eigenvalue weighted by Crippen LogP contribution is -2.30. The van der Waals surface area contributed by atoms with Crippen molar-refractivity contribution in [1.29, 1.82) is 0 Å². The lowest BCUT2D eigenvalue weighted by Gasteiger charge is -2.18. The molecule has 3 aromatic carbocycles. The molecule has 1 amide bonds. The monoisotopic (exact) mass is 488 g/mol. The van der Waals surface area contributed by atoms with E-state index in [0.29, 0.717) is 5.39 Å². The predicted molar refractivity (Wildman–Crippen MR) is 131 cm³/mol. The fourth-order valence-corrected chi connectivity index (χ4v) is 4.74. The van der Waals surface area contributed by atoms with Crippen LogP contribution in [0.3, 0.4) is 0 Å². The molecule has 10 heteroatoms. The minimum absolute atomic E-state index is 0.0286. The minimum atomic E-state index is -1.37. The molecular formula is C26H24N4O6. The summed E-state index contributed by atoms with van der Waals surface area (Å²) in [6.07, 6.45) is -3.22. The van der Waals surface area contributed by atoms with Gasteiger partial charge in [-0.15, -0.1) is 0 Å². The molecule has 1 aromatic heterocycles. The molecular weight excluding hydrogens is 464 g/mol. The standard InChI is InChI=1S/C26H24N4O6/c31-22(25(32)24-19-10-5-11-21(30(34)35)23(19)28-29-24)12-13-27-26(33)36-14-20-17-8-3-1-6-15(17)16-7-2-4-9-18(16)20/h1-11,20,22,25,31-32H,12-14H2,(H,27,33)(H,28,29). The normalized spacial score (nSPS) is 14.2. The first-order valence-corrected chi connectivity index (χ1v) is 11.5. The number of hydrogen-bond acceptors (Lipinski definition) is 7. The molecule has 0 fully saturated rings. The number of hydrogen-bond donors (Lipinski definition) is 4. The third-order valence-corrected chi connectivity index (χ3v) is 6.50. The molecule has 0 aliphatic heterocycles. The molecule has 0 saturated heterocycles. The fourth-order valence-electron chi connectivity index (χ4n) is 4.74. The Kier molecular flexibility index (Phi) is 6.36. The Balaban J connectivity index is 1.16. The predicted octanol–water partition coefficient (Wildman–Crippen LogP) is 3.79. The molecule has 10 nitrogen and oxygen atoms in total. The van der Waals surface area contributed by atoms with Crippen molar-refractivity contribution >= 4 is 22.7 Å². The number of nitrogens with one attached hydrogen (secondary N) is 2. The summed E-state index contributed by atoms with van der Waals surface area (Å²) in [6.45, 7) is 0.227. The number of aliphatic hydroxyl groups is 2. The van der Waals surface area contributed by atoms with Crippen LogP contribution in [0.25, 0.3) is 22.0 Å². The van der Waals surface area contributed by atoms with Crippen molar-refractivity contribution in [2.24, 2.45) is 0 Å². The van der Waals surface area contributed by atoms with Crippen LogP contribution in [0, 0.1) is 10.1 Å². The van der Waals surface area contributed by atoms with Crippen LogP contribution in [0.4, 0.5) is 10.5 Å². The number of aliphatic hydroxyl groups excluding tert-OH is 2. The van der Waals surface area contributed by atoms with Crippen molar-refractivity contribution in [3.05, 3.63) is 93.7 Å². The molecule has 4 aromatic rings. The van der Waals surface area contributed by atoms with Crippen molar-refractivity contribution in [3.8, 4) is 11.1 Å². The Morgan fingerprint density at radius 2 is 1.72 bits per heavy atom. The Morgan fingerprint density at radius 1 is 1.06 bits per heavy atom. The number of ether oxygens (including phenoxy) is 1. The van der Waals surface area contributed by atoms with Crippen molar-refractivity contribution in [3.63, 3.8) is 0 Å². The summed E-state index contributed by atoms with van der Waals surface area (Å²) >= 11 is 0. The highest BCUT2D eigenvalue weighted by Gasteiger charge is 2.29. The van der Waals surface area contributed by atoms with E-state index in [9.17, 15) is 25.1 Å². The Labute approximate surface area is 205 Å². The Bertz CT molecular complexity index is 1390. The third-order valence-electron chi connectivity index (χ3n) is 6.50. The lowest BCUT2D eigenvalue weighted by molar-refractivity contribution is -0.383. The van der Waals surface area contributed by atoms with E-state index in [-0.39, 0.29) is 42.4 Å². The number of aromatic amines is 1. The van der Waals surface area contributed by atoms with Gasteiger partial charge in [0.15, 0.2) is 5.52 Å². The zero-order valence-corrected chi connectivity index (χ0v) is 19.1. The lowest BCUT2D eigenvalue weighted by atomic mass is 9.98. The number of aromatic nitrogens is 2. The number of nitrogens with zero attached hydrogens (tertiary/aromatic N) is 2. The summed E-state index contributed by atoms with van der Waals surface area (Å²) in [5.41, 5.74) is 4.55. The van der Waals surface area contributed by atoms with Gasteiger partial charge in [0.2, 0.25) is 0 Å². The summed E-state index contributed by atoms with van der Waals surface area (Å²) < 4.78 is 5.47. The topological polar surface area (TPSA) is 151 Å². The van der Waals surface area contributed by atoms with Gasteiger partial charge < -0.3 is 20.3 Å². The first-order valence-electron chi connectivity index (χ1n) is 11.5. The number of amides is 1. The molecule has 1 heterocycles. The van der Waals surface area contributed by atoms with Gasteiger partial charge in [-0.05, 0) is 28.7 Å². The zero-order valence-electron chi connectivity index (χ0n) is 19.1. The van der Waals surface area contributed by atoms with Gasteiger partial charge in [0, 0.05) is 23.9 Å². The second-order valence-corrected chi connectivity index (χ2v) is 8.62. The van der Waals surface area contributed by atoms with Crippen LogP contribution in [-0.2, 0) is 4.74 Å². The van der Waals surface area contributed by atoms with Crippen LogP contribution in [0.5, 0.6) is 0 Å². The van der Waals surface area contributed by atoms with Gasteiger partial charge in [-0.1, -0.05) is 60.7 Å². The molecule has 0 radical (unpaired) electrons. The van der Waals surface area contributed by atoms with Crippen LogP contribution in [0.1, 0.15) is 35.3 Å². The number of benzene rings is 3. The molecule has 0 saturated carbocycles. The van der Waals surface area contributed by atoms with E-state index >= 15 is 0 Å². The Hall–Kier alpha value is -4.28. The smallest absolute Gasteiger partial charge is 0.407 e. The highest BCUT2D eigenvalue weighted by atomic mass is 16.6. The number of H-pyrrole nitrogens is 1. The number of alkyl carbamates (subject to hydrolysis) is 1. The quantitative estimate of drug-likeness (QED) is 0.218. The summed E-state index contributed by atoms with van der Waals surface area (Å²) in [5, 5.41) is 41.6. The number of nitro groups is 1. The SMILES string of the molecule is O=C(NCCC(O)C(O)c1[nH]nc2c([N+](=O)[O-])cccc12)OCC1c2ccccc2-c2ccccc21. The fraction of sp³-hybridized carbons (Fsp3) is 0.231. The number of fused-ring (bicyclic) bond motifs is 4. The van der Waals surface area contributed by atoms with E-state index in [1.807, 2.05) is 36.4 Å². The van der Waals surface area contributed by atoms with Gasteiger partial charge in [-0.2, -0.15) is 5.10 Å².